The molecule has 2 aromatic carbocycles. The maximum absolute atomic E-state index is 13.0. The highest BCUT2D eigenvalue weighted by molar-refractivity contribution is 5.86. The zero-order chi connectivity index (χ0) is 25.0. The van der Waals surface area contributed by atoms with Gasteiger partial charge in [0, 0.05) is 27.2 Å². The Hall–Kier alpha value is -4.47. The molecule has 1 N–H and O–H groups in total. The van der Waals surface area contributed by atoms with E-state index < -0.39 is 17.7 Å². The van der Waals surface area contributed by atoms with Crippen molar-refractivity contribution in [2.24, 2.45) is 14.1 Å². The molecule has 0 amide bonds. The van der Waals surface area contributed by atoms with Crippen LogP contribution in [0.1, 0.15) is 24.2 Å². The minimum Gasteiger partial charge on any atom is -0.493 e. The topological polar surface area (TPSA) is 106 Å². The Morgan fingerprint density at radius 2 is 1.66 bits per heavy atom. The number of aromatic nitrogens is 3. The van der Waals surface area contributed by atoms with Gasteiger partial charge in [0.2, 0.25) is 5.75 Å². The van der Waals surface area contributed by atoms with Crippen LogP contribution in [0.15, 0.2) is 52.2 Å². The predicted molar refractivity (Wildman–Crippen MR) is 130 cm³/mol. The first kappa shape index (κ1) is 22.3. The maximum Gasteiger partial charge on any atom is 0.331 e. The molecule has 1 unspecified atom stereocenters. The van der Waals surface area contributed by atoms with Crippen LogP contribution < -0.4 is 30.8 Å². The average Bonchev–Trinajstić information content (AvgIpc) is 3.26. The van der Waals surface area contributed by atoms with Gasteiger partial charge in [0.05, 0.1) is 48.2 Å². The number of aryl methyl sites for hydroxylation is 1. The molecule has 3 heterocycles. The molecule has 180 valence electrons. The van der Waals surface area contributed by atoms with E-state index in [0.29, 0.717) is 28.1 Å². The molecule has 1 aliphatic rings. The highest BCUT2D eigenvalue weighted by Crippen LogP contribution is 2.45. The van der Waals surface area contributed by atoms with Crippen molar-refractivity contribution in [3.05, 3.63) is 74.7 Å². The molecule has 0 aliphatic carbocycles. The van der Waals surface area contributed by atoms with Crippen LogP contribution in [0.2, 0.25) is 0 Å². The Morgan fingerprint density at radius 3 is 2.29 bits per heavy atom. The van der Waals surface area contributed by atoms with Gasteiger partial charge in [-0.15, -0.1) is 0 Å². The van der Waals surface area contributed by atoms with Crippen molar-refractivity contribution >= 4 is 22.6 Å². The number of anilines is 1. The molecule has 2 aromatic heterocycles. The summed E-state index contributed by atoms with van der Waals surface area (Å²) in [7, 11) is 6.06. The summed E-state index contributed by atoms with van der Waals surface area (Å²) in [5.74, 6) is 0.276. The molecule has 1 atom stereocenters. The lowest BCUT2D eigenvalue weighted by atomic mass is 9.98. The number of hydrogen-bond donors (Lipinski definition) is 1. The van der Waals surface area contributed by atoms with E-state index in [2.05, 4.69) is 5.32 Å². The van der Waals surface area contributed by atoms with Gasteiger partial charge in [-0.3, -0.25) is 18.7 Å². The Labute approximate surface area is 199 Å². The smallest absolute Gasteiger partial charge is 0.331 e. The molecule has 10 nitrogen and oxygen atoms in total. The van der Waals surface area contributed by atoms with Gasteiger partial charge in [0.25, 0.3) is 5.56 Å². The van der Waals surface area contributed by atoms with Crippen LogP contribution in [0.5, 0.6) is 17.2 Å². The van der Waals surface area contributed by atoms with Crippen LogP contribution in [-0.2, 0) is 18.9 Å². The summed E-state index contributed by atoms with van der Waals surface area (Å²) in [5, 5.41) is 3.95. The van der Waals surface area contributed by atoms with Gasteiger partial charge < -0.3 is 24.1 Å². The molecule has 4 aromatic rings. The molecule has 0 spiro atoms. The molecule has 5 rings (SSSR count). The Bertz CT molecular complexity index is 1600. The van der Waals surface area contributed by atoms with Gasteiger partial charge in [0.1, 0.15) is 0 Å². The predicted octanol–water partition coefficient (Wildman–Crippen LogP) is 2.49. The Balaban J connectivity index is 1.85. The van der Waals surface area contributed by atoms with E-state index in [4.69, 9.17) is 14.2 Å². The number of esters is 1. The summed E-state index contributed by atoms with van der Waals surface area (Å²) >= 11 is 0. The second-order valence-electron chi connectivity index (χ2n) is 8.30. The number of ether oxygens (including phenoxy) is 3. The largest absolute Gasteiger partial charge is 0.493 e. The van der Waals surface area contributed by atoms with Gasteiger partial charge in [0.15, 0.2) is 11.5 Å². The molecular weight excluding hydrogens is 452 g/mol. The molecule has 0 saturated carbocycles. The quantitative estimate of drug-likeness (QED) is 0.356. The lowest BCUT2D eigenvalue weighted by Gasteiger charge is -2.30. The molecule has 0 bridgehead atoms. The van der Waals surface area contributed by atoms with E-state index in [1.54, 1.807) is 25.4 Å². The zero-order valence-corrected chi connectivity index (χ0v) is 19.9. The number of carbonyl (C=O) groups is 1. The van der Waals surface area contributed by atoms with E-state index in [-0.39, 0.29) is 11.3 Å². The molecule has 10 heteroatoms. The van der Waals surface area contributed by atoms with Crippen LogP contribution in [0.3, 0.4) is 0 Å². The lowest BCUT2D eigenvalue weighted by Crippen LogP contribution is -2.37. The summed E-state index contributed by atoms with van der Waals surface area (Å²) in [6.07, 6.45) is 1.76. The van der Waals surface area contributed by atoms with Gasteiger partial charge in [-0.2, -0.15) is 0 Å². The third-order valence-electron chi connectivity index (χ3n) is 6.26. The number of methoxy groups -OCH3 is 2. The SMILES string of the molecule is COc1cc(C2Nc3ccccc3-n3cc4c(=O)n(C)c(=O)n(C)c4c32)cc(OC)c1OC(C)=O. The molecule has 0 saturated heterocycles. The monoisotopic (exact) mass is 476 g/mol. The summed E-state index contributed by atoms with van der Waals surface area (Å²) in [4.78, 5) is 37.5. The Kier molecular flexibility index (Phi) is 5.16. The minimum absolute atomic E-state index is 0.170. The first-order valence-corrected chi connectivity index (χ1v) is 10.9. The van der Waals surface area contributed by atoms with Gasteiger partial charge in [-0.1, -0.05) is 12.1 Å². The summed E-state index contributed by atoms with van der Waals surface area (Å²) in [5.41, 5.74) is 2.84. The van der Waals surface area contributed by atoms with Gasteiger partial charge in [-0.05, 0) is 29.8 Å². The van der Waals surface area contributed by atoms with E-state index in [1.807, 2.05) is 28.8 Å². The van der Waals surface area contributed by atoms with Crippen LogP contribution in [-0.4, -0.2) is 33.9 Å². The Morgan fingerprint density at radius 1 is 1.00 bits per heavy atom. The van der Waals surface area contributed by atoms with E-state index in [9.17, 15) is 14.4 Å². The average molecular weight is 476 g/mol. The highest BCUT2D eigenvalue weighted by Gasteiger charge is 2.32. The fourth-order valence-electron chi connectivity index (χ4n) is 4.67. The van der Waals surface area contributed by atoms with E-state index in [0.717, 1.165) is 21.5 Å². The fraction of sp³-hybridized carbons (Fsp3) is 0.240. The number of hydrogen-bond acceptors (Lipinski definition) is 7. The third-order valence-corrected chi connectivity index (χ3v) is 6.26. The molecule has 0 radical (unpaired) electrons. The van der Waals surface area contributed by atoms with Crippen LogP contribution in [0, 0.1) is 0 Å². The first-order valence-electron chi connectivity index (χ1n) is 10.9. The number of benzene rings is 2. The lowest BCUT2D eigenvalue weighted by molar-refractivity contribution is -0.132. The van der Waals surface area contributed by atoms with Crippen molar-refractivity contribution in [2.45, 2.75) is 13.0 Å². The zero-order valence-electron chi connectivity index (χ0n) is 19.9. The molecular formula is C25H24N4O6. The van der Waals surface area contributed by atoms with E-state index >= 15 is 0 Å². The van der Waals surface area contributed by atoms with Crippen molar-refractivity contribution in [1.29, 1.82) is 0 Å². The number of para-hydroxylation sites is 2. The number of carbonyl (C=O) groups excluding carboxylic acids is 1. The highest BCUT2D eigenvalue weighted by atomic mass is 16.6. The number of rotatable bonds is 4. The van der Waals surface area contributed by atoms with Crippen molar-refractivity contribution in [3.63, 3.8) is 0 Å². The van der Waals surface area contributed by atoms with Crippen molar-refractivity contribution < 1.29 is 19.0 Å². The van der Waals surface area contributed by atoms with Crippen LogP contribution in [0.4, 0.5) is 5.69 Å². The van der Waals surface area contributed by atoms with Crippen molar-refractivity contribution in [2.75, 3.05) is 19.5 Å². The molecule has 0 fully saturated rings. The third kappa shape index (κ3) is 3.29. The second-order valence-corrected chi connectivity index (χ2v) is 8.30. The standard InChI is InChI=1S/C25H24N4O6/c1-13(30)35-23-18(33-4)10-14(11-19(23)34-5)20-22-21-15(24(31)28(3)25(32)27(21)2)12-29(22)17-9-7-6-8-16(17)26-20/h6-12,20,26H,1-5H3. The second kappa shape index (κ2) is 8.08. The molecule has 1 aliphatic heterocycles. The van der Waals surface area contributed by atoms with Crippen molar-refractivity contribution in [1.82, 2.24) is 13.7 Å². The van der Waals surface area contributed by atoms with Gasteiger partial charge >= 0.3 is 11.7 Å². The van der Waals surface area contributed by atoms with Crippen molar-refractivity contribution in [3.8, 4) is 22.9 Å². The number of nitrogens with one attached hydrogen (secondary N) is 1. The molecule has 35 heavy (non-hydrogen) atoms. The first-order chi connectivity index (χ1) is 16.8. The van der Waals surface area contributed by atoms with E-state index in [1.165, 1.54) is 32.8 Å². The summed E-state index contributed by atoms with van der Waals surface area (Å²) in [6.45, 7) is 1.30. The van der Waals surface area contributed by atoms with Crippen LogP contribution in [0.25, 0.3) is 16.6 Å². The maximum atomic E-state index is 13.0. The van der Waals surface area contributed by atoms with Crippen LogP contribution >= 0.6 is 0 Å². The minimum atomic E-state index is -0.509. The number of fused-ring (bicyclic) bond motifs is 5. The summed E-state index contributed by atoms with van der Waals surface area (Å²) in [6, 6.07) is 10.7. The summed E-state index contributed by atoms with van der Waals surface area (Å²) < 4.78 is 20.9. The normalized spacial score (nSPS) is 14.1. The number of nitrogens with zero attached hydrogens (tertiary/aromatic N) is 3. The fourth-order valence-corrected chi connectivity index (χ4v) is 4.67. The van der Waals surface area contributed by atoms with Gasteiger partial charge in [-0.25, -0.2) is 4.79 Å².